The van der Waals surface area contributed by atoms with Crippen LogP contribution in [0.4, 0.5) is 0 Å². The number of rotatable bonds is 6. The van der Waals surface area contributed by atoms with Gasteiger partial charge in [-0.2, -0.15) is 0 Å². The van der Waals surface area contributed by atoms with Gasteiger partial charge in [0.05, 0.1) is 17.6 Å². The zero-order valence-corrected chi connectivity index (χ0v) is 13.1. The molecule has 20 heavy (non-hydrogen) atoms. The molecule has 0 bridgehead atoms. The summed E-state index contributed by atoms with van der Waals surface area (Å²) in [7, 11) is 4.17. The molecule has 0 amide bonds. The van der Waals surface area contributed by atoms with Crippen LogP contribution >= 0.6 is 0 Å². The van der Waals surface area contributed by atoms with Gasteiger partial charge in [0.2, 0.25) is 0 Å². The van der Waals surface area contributed by atoms with E-state index >= 15 is 0 Å². The molecule has 0 aliphatic carbocycles. The van der Waals surface area contributed by atoms with E-state index in [9.17, 15) is 0 Å². The molecule has 110 valence electrons. The number of nitrogens with zero attached hydrogens (tertiary/aromatic N) is 3. The third kappa shape index (κ3) is 3.19. The second-order valence-electron chi connectivity index (χ2n) is 5.84. The summed E-state index contributed by atoms with van der Waals surface area (Å²) in [5.74, 6) is 1.15. The van der Waals surface area contributed by atoms with Crippen LogP contribution in [0, 0.1) is 13.8 Å². The number of aromatic nitrogens is 2. The summed E-state index contributed by atoms with van der Waals surface area (Å²) in [6, 6.07) is 4.46. The molecular weight excluding hydrogens is 248 g/mol. The Kier molecular flexibility index (Phi) is 4.78. The number of imidazole rings is 1. The van der Waals surface area contributed by atoms with E-state index < -0.39 is 0 Å². The van der Waals surface area contributed by atoms with Crippen molar-refractivity contribution in [2.75, 3.05) is 20.6 Å². The standard InChI is InChI=1S/C16H26N4/c1-12-9-14-15(10-13(12)2)20(8-6-5-7-17)16(18-14)11-19(3)4/h9-10H,5-8,11,17H2,1-4H3. The lowest BCUT2D eigenvalue weighted by molar-refractivity contribution is 0.380. The second-order valence-corrected chi connectivity index (χ2v) is 5.84. The number of benzene rings is 1. The minimum Gasteiger partial charge on any atom is -0.330 e. The first kappa shape index (κ1) is 15.0. The fraction of sp³-hybridized carbons (Fsp3) is 0.562. The lowest BCUT2D eigenvalue weighted by Crippen LogP contribution is -2.16. The van der Waals surface area contributed by atoms with Crippen LogP contribution < -0.4 is 5.73 Å². The minimum absolute atomic E-state index is 0.758. The van der Waals surface area contributed by atoms with Crippen LogP contribution in [-0.4, -0.2) is 35.1 Å². The van der Waals surface area contributed by atoms with Crippen molar-refractivity contribution >= 4 is 11.0 Å². The lowest BCUT2D eigenvalue weighted by Gasteiger charge is -2.13. The highest BCUT2D eigenvalue weighted by molar-refractivity contribution is 5.78. The number of aryl methyl sites for hydroxylation is 3. The Labute approximate surface area is 121 Å². The van der Waals surface area contributed by atoms with Gasteiger partial charge in [-0.1, -0.05) is 0 Å². The van der Waals surface area contributed by atoms with Gasteiger partial charge in [-0.05, 0) is 70.6 Å². The summed E-state index contributed by atoms with van der Waals surface area (Å²) in [5, 5.41) is 0. The maximum atomic E-state index is 5.61. The molecule has 0 saturated carbocycles. The highest BCUT2D eigenvalue weighted by atomic mass is 15.2. The summed E-state index contributed by atoms with van der Waals surface area (Å²) >= 11 is 0. The molecule has 0 atom stereocenters. The van der Waals surface area contributed by atoms with Gasteiger partial charge in [0.1, 0.15) is 5.82 Å². The van der Waals surface area contributed by atoms with Crippen LogP contribution in [0.2, 0.25) is 0 Å². The zero-order valence-electron chi connectivity index (χ0n) is 13.1. The number of unbranched alkanes of at least 4 members (excludes halogenated alkanes) is 1. The summed E-state index contributed by atoms with van der Waals surface area (Å²) in [4.78, 5) is 6.99. The third-order valence-corrected chi connectivity index (χ3v) is 3.74. The number of nitrogens with two attached hydrogens (primary N) is 1. The van der Waals surface area contributed by atoms with Gasteiger partial charge in [0, 0.05) is 6.54 Å². The van der Waals surface area contributed by atoms with Crippen molar-refractivity contribution in [1.29, 1.82) is 0 Å². The van der Waals surface area contributed by atoms with Crippen LogP contribution in [-0.2, 0) is 13.1 Å². The fourth-order valence-electron chi connectivity index (χ4n) is 2.50. The monoisotopic (exact) mass is 274 g/mol. The number of hydrogen-bond donors (Lipinski definition) is 1. The summed E-state index contributed by atoms with van der Waals surface area (Å²) < 4.78 is 2.36. The van der Waals surface area contributed by atoms with Crippen molar-refractivity contribution in [3.05, 3.63) is 29.1 Å². The molecule has 0 aliphatic heterocycles. The van der Waals surface area contributed by atoms with Crippen molar-refractivity contribution in [3.63, 3.8) is 0 Å². The Morgan fingerprint density at radius 3 is 2.50 bits per heavy atom. The van der Waals surface area contributed by atoms with Crippen LogP contribution in [0.5, 0.6) is 0 Å². The molecule has 4 heteroatoms. The highest BCUT2D eigenvalue weighted by Crippen LogP contribution is 2.22. The molecule has 2 aromatic rings. The van der Waals surface area contributed by atoms with E-state index in [-0.39, 0.29) is 0 Å². The summed E-state index contributed by atoms with van der Waals surface area (Å²) in [5.41, 5.74) is 10.6. The molecule has 0 unspecified atom stereocenters. The molecule has 1 aromatic heterocycles. The smallest absolute Gasteiger partial charge is 0.124 e. The van der Waals surface area contributed by atoms with E-state index in [0.717, 1.165) is 43.8 Å². The molecule has 0 spiro atoms. The first-order valence-corrected chi connectivity index (χ1v) is 7.34. The summed E-state index contributed by atoms with van der Waals surface area (Å²) in [6.07, 6.45) is 2.17. The topological polar surface area (TPSA) is 47.1 Å². The van der Waals surface area contributed by atoms with Crippen LogP contribution in [0.15, 0.2) is 12.1 Å². The second kappa shape index (κ2) is 6.37. The maximum absolute atomic E-state index is 5.61. The molecule has 1 aromatic carbocycles. The average Bonchev–Trinajstić information content (AvgIpc) is 2.67. The van der Waals surface area contributed by atoms with Gasteiger partial charge in [-0.25, -0.2) is 4.98 Å². The molecule has 2 rings (SSSR count). The highest BCUT2D eigenvalue weighted by Gasteiger charge is 2.12. The van der Waals surface area contributed by atoms with Crippen LogP contribution in [0.25, 0.3) is 11.0 Å². The molecule has 0 radical (unpaired) electrons. The first-order chi connectivity index (χ1) is 9.52. The van der Waals surface area contributed by atoms with Gasteiger partial charge in [0.15, 0.2) is 0 Å². The Morgan fingerprint density at radius 2 is 1.85 bits per heavy atom. The lowest BCUT2D eigenvalue weighted by atomic mass is 10.1. The van der Waals surface area contributed by atoms with E-state index in [1.165, 1.54) is 16.6 Å². The van der Waals surface area contributed by atoms with Crippen molar-refractivity contribution in [2.45, 2.75) is 39.8 Å². The van der Waals surface area contributed by atoms with E-state index in [1.54, 1.807) is 0 Å². The molecule has 0 saturated heterocycles. The molecule has 0 aliphatic rings. The molecular formula is C16H26N4. The first-order valence-electron chi connectivity index (χ1n) is 7.34. The van der Waals surface area contributed by atoms with Gasteiger partial charge in [-0.15, -0.1) is 0 Å². The molecule has 4 nitrogen and oxygen atoms in total. The largest absolute Gasteiger partial charge is 0.330 e. The van der Waals surface area contributed by atoms with Gasteiger partial charge in [-0.3, -0.25) is 0 Å². The Morgan fingerprint density at radius 1 is 1.15 bits per heavy atom. The fourth-order valence-corrected chi connectivity index (χ4v) is 2.50. The predicted octanol–water partition coefficient (Wildman–Crippen LogP) is 2.45. The van der Waals surface area contributed by atoms with E-state index in [1.807, 2.05) is 0 Å². The Bertz CT molecular complexity index is 584. The predicted molar refractivity (Wildman–Crippen MR) is 84.9 cm³/mol. The van der Waals surface area contributed by atoms with E-state index in [4.69, 9.17) is 10.7 Å². The van der Waals surface area contributed by atoms with Crippen molar-refractivity contribution in [3.8, 4) is 0 Å². The van der Waals surface area contributed by atoms with Gasteiger partial charge < -0.3 is 15.2 Å². The average molecular weight is 274 g/mol. The van der Waals surface area contributed by atoms with Crippen molar-refractivity contribution < 1.29 is 0 Å². The number of hydrogen-bond acceptors (Lipinski definition) is 3. The van der Waals surface area contributed by atoms with E-state index in [2.05, 4.69) is 49.5 Å². The molecule has 1 heterocycles. The Hall–Kier alpha value is -1.39. The zero-order chi connectivity index (χ0) is 14.7. The third-order valence-electron chi connectivity index (χ3n) is 3.74. The maximum Gasteiger partial charge on any atom is 0.124 e. The van der Waals surface area contributed by atoms with Gasteiger partial charge >= 0.3 is 0 Å². The van der Waals surface area contributed by atoms with Crippen molar-refractivity contribution in [2.24, 2.45) is 5.73 Å². The van der Waals surface area contributed by atoms with Crippen LogP contribution in [0.1, 0.15) is 29.8 Å². The van der Waals surface area contributed by atoms with Gasteiger partial charge in [0.25, 0.3) is 0 Å². The number of fused-ring (bicyclic) bond motifs is 1. The quantitative estimate of drug-likeness (QED) is 0.823. The van der Waals surface area contributed by atoms with Crippen LogP contribution in [0.3, 0.4) is 0 Å². The minimum atomic E-state index is 0.758. The Balaban J connectivity index is 2.44. The summed E-state index contributed by atoms with van der Waals surface area (Å²) in [6.45, 7) is 6.94. The molecule has 0 fully saturated rings. The SMILES string of the molecule is Cc1cc2nc(CN(C)C)n(CCCCN)c2cc1C. The van der Waals surface area contributed by atoms with E-state index in [0.29, 0.717) is 0 Å². The molecule has 2 N–H and O–H groups in total. The normalized spacial score (nSPS) is 11.7. The van der Waals surface area contributed by atoms with Crippen molar-refractivity contribution in [1.82, 2.24) is 14.5 Å².